The number of Topliss-reactive ketones (excluding diaryl/α,β-unsaturated/α-hetero) is 1. The van der Waals surface area contributed by atoms with E-state index in [2.05, 4.69) is 16.7 Å². The molecule has 178 valence electrons. The number of nitrogens with zero attached hydrogens (tertiary/aromatic N) is 2. The summed E-state index contributed by atoms with van der Waals surface area (Å²) in [6.07, 6.45) is 3.76. The average molecular weight is 455 g/mol. The second-order valence-corrected chi connectivity index (χ2v) is 9.13. The molecule has 0 spiro atoms. The first-order valence-electron chi connectivity index (χ1n) is 12.1. The van der Waals surface area contributed by atoms with E-state index in [-0.39, 0.29) is 17.5 Å². The minimum atomic E-state index is -0.302. The maximum absolute atomic E-state index is 13.2. The Bertz CT molecular complexity index is 911. The Kier molecular flexibility index (Phi) is 7.99. The third-order valence-corrected chi connectivity index (χ3v) is 7.00. The molecule has 5 nitrogen and oxygen atoms in total. The molecule has 1 fully saturated rings. The van der Waals surface area contributed by atoms with E-state index in [4.69, 9.17) is 9.47 Å². The minimum absolute atomic E-state index is 0.0363. The van der Waals surface area contributed by atoms with E-state index in [9.17, 15) is 9.18 Å². The van der Waals surface area contributed by atoms with Gasteiger partial charge >= 0.3 is 0 Å². The number of fused-ring (bicyclic) bond motifs is 1. The normalized spacial score (nSPS) is 19.2. The lowest BCUT2D eigenvalue weighted by molar-refractivity contribution is 0.0781. The molecule has 0 aromatic heterocycles. The first kappa shape index (κ1) is 23.7. The van der Waals surface area contributed by atoms with Crippen molar-refractivity contribution in [3.05, 3.63) is 59.4 Å². The molecule has 0 radical (unpaired) electrons. The van der Waals surface area contributed by atoms with Gasteiger partial charge < -0.3 is 14.4 Å². The summed E-state index contributed by atoms with van der Waals surface area (Å²) in [5, 5.41) is 0. The van der Waals surface area contributed by atoms with Gasteiger partial charge in [-0.1, -0.05) is 13.0 Å². The fraction of sp³-hybridized carbons (Fsp3) is 0.519. The number of hydrogen-bond donors (Lipinski definition) is 0. The number of likely N-dealkylation sites (tertiary alicyclic amines) is 1. The van der Waals surface area contributed by atoms with Crippen molar-refractivity contribution >= 4 is 5.78 Å². The zero-order valence-corrected chi connectivity index (χ0v) is 19.8. The molecule has 0 amide bonds. The van der Waals surface area contributed by atoms with Gasteiger partial charge in [0.05, 0.1) is 7.11 Å². The third kappa shape index (κ3) is 5.74. The molecular weight excluding hydrogens is 419 g/mol. The van der Waals surface area contributed by atoms with Crippen LogP contribution in [0.3, 0.4) is 0 Å². The molecule has 1 unspecified atom stereocenters. The van der Waals surface area contributed by atoms with Gasteiger partial charge in [0.1, 0.15) is 23.9 Å². The molecule has 0 N–H and O–H groups in total. The molecule has 0 aliphatic carbocycles. The van der Waals surface area contributed by atoms with E-state index < -0.39 is 0 Å². The fourth-order valence-corrected chi connectivity index (χ4v) is 5.09. The molecule has 33 heavy (non-hydrogen) atoms. The first-order valence-corrected chi connectivity index (χ1v) is 12.1. The molecule has 2 heterocycles. The van der Waals surface area contributed by atoms with Gasteiger partial charge in [0.25, 0.3) is 0 Å². The van der Waals surface area contributed by atoms with Crippen LogP contribution in [-0.4, -0.2) is 68.1 Å². The first-order chi connectivity index (χ1) is 16.1. The van der Waals surface area contributed by atoms with E-state index >= 15 is 0 Å². The van der Waals surface area contributed by atoms with Crippen molar-refractivity contribution in [2.45, 2.75) is 38.6 Å². The second-order valence-electron chi connectivity index (χ2n) is 9.13. The lowest BCUT2D eigenvalue weighted by Crippen LogP contribution is -2.48. The van der Waals surface area contributed by atoms with E-state index in [0.29, 0.717) is 18.2 Å². The minimum Gasteiger partial charge on any atom is -0.496 e. The number of rotatable bonds is 9. The topological polar surface area (TPSA) is 42.0 Å². The van der Waals surface area contributed by atoms with Crippen LogP contribution < -0.4 is 9.47 Å². The summed E-state index contributed by atoms with van der Waals surface area (Å²) in [6, 6.07) is 12.3. The van der Waals surface area contributed by atoms with Crippen LogP contribution in [0.2, 0.25) is 0 Å². The molecule has 6 heteroatoms. The van der Waals surface area contributed by atoms with Crippen molar-refractivity contribution in [3.63, 3.8) is 0 Å². The van der Waals surface area contributed by atoms with Crippen molar-refractivity contribution in [2.75, 3.05) is 46.4 Å². The number of methoxy groups -OCH3 is 1. The average Bonchev–Trinajstić information content (AvgIpc) is 2.86. The highest BCUT2D eigenvalue weighted by molar-refractivity contribution is 5.97. The number of benzene rings is 2. The van der Waals surface area contributed by atoms with Gasteiger partial charge in [-0.15, -0.1) is 0 Å². The SMILES string of the molecule is CCCN(CCN1CCC(C(=O)c2ccc(F)cc2)CC1)C1COc2cccc(OC)c2C1. The number of halogens is 1. The highest BCUT2D eigenvalue weighted by Gasteiger charge is 2.29. The van der Waals surface area contributed by atoms with E-state index in [1.807, 2.05) is 18.2 Å². The largest absolute Gasteiger partial charge is 0.496 e. The quantitative estimate of drug-likeness (QED) is 0.524. The summed E-state index contributed by atoms with van der Waals surface area (Å²) in [4.78, 5) is 17.8. The van der Waals surface area contributed by atoms with E-state index in [1.54, 1.807) is 19.2 Å². The molecule has 2 aliphatic heterocycles. The molecule has 1 saturated heterocycles. The molecule has 0 saturated carbocycles. The van der Waals surface area contributed by atoms with Crippen LogP contribution >= 0.6 is 0 Å². The highest BCUT2D eigenvalue weighted by atomic mass is 19.1. The van der Waals surface area contributed by atoms with Gasteiger partial charge in [0.15, 0.2) is 5.78 Å². The maximum Gasteiger partial charge on any atom is 0.166 e. The Balaban J connectivity index is 1.29. The predicted molar refractivity (Wildman–Crippen MR) is 128 cm³/mol. The monoisotopic (exact) mass is 454 g/mol. The molecule has 0 bridgehead atoms. The number of carbonyl (C=O) groups excluding carboxylic acids is 1. The summed E-state index contributed by atoms with van der Waals surface area (Å²) in [5.41, 5.74) is 1.79. The van der Waals surface area contributed by atoms with Crippen molar-refractivity contribution < 1.29 is 18.7 Å². The van der Waals surface area contributed by atoms with Crippen LogP contribution in [0.15, 0.2) is 42.5 Å². The molecule has 2 aliphatic rings. The second kappa shape index (κ2) is 11.1. The van der Waals surface area contributed by atoms with E-state index in [1.165, 1.54) is 12.1 Å². The lowest BCUT2D eigenvalue weighted by Gasteiger charge is -2.38. The number of ketones is 1. The summed E-state index contributed by atoms with van der Waals surface area (Å²) < 4.78 is 24.8. The lowest BCUT2D eigenvalue weighted by atomic mass is 9.89. The molecule has 2 aromatic rings. The molecular formula is C27H35FN2O3. The Morgan fingerprint density at radius 2 is 1.91 bits per heavy atom. The van der Waals surface area contributed by atoms with Crippen molar-refractivity contribution in [3.8, 4) is 11.5 Å². The Labute approximate surface area is 196 Å². The number of carbonyl (C=O) groups is 1. The van der Waals surface area contributed by atoms with Crippen LogP contribution in [0, 0.1) is 11.7 Å². The van der Waals surface area contributed by atoms with Gasteiger partial charge in [-0.3, -0.25) is 9.69 Å². The van der Waals surface area contributed by atoms with Crippen LogP contribution in [0.5, 0.6) is 11.5 Å². The number of hydrogen-bond acceptors (Lipinski definition) is 5. The zero-order chi connectivity index (χ0) is 23.2. The van der Waals surface area contributed by atoms with Crippen LogP contribution in [-0.2, 0) is 6.42 Å². The Hall–Kier alpha value is -2.44. The van der Waals surface area contributed by atoms with E-state index in [0.717, 1.165) is 75.5 Å². The zero-order valence-electron chi connectivity index (χ0n) is 19.8. The van der Waals surface area contributed by atoms with Gasteiger partial charge in [-0.25, -0.2) is 4.39 Å². The Morgan fingerprint density at radius 1 is 1.15 bits per heavy atom. The summed E-state index contributed by atoms with van der Waals surface area (Å²) in [5.74, 6) is 1.73. The van der Waals surface area contributed by atoms with Gasteiger partial charge in [0.2, 0.25) is 0 Å². The molecule has 1 atom stereocenters. The highest BCUT2D eigenvalue weighted by Crippen LogP contribution is 2.34. The fourth-order valence-electron chi connectivity index (χ4n) is 5.09. The number of ether oxygens (including phenoxy) is 2. The van der Waals surface area contributed by atoms with Crippen molar-refractivity contribution in [2.24, 2.45) is 5.92 Å². The maximum atomic E-state index is 13.2. The molecule has 2 aromatic carbocycles. The summed E-state index contributed by atoms with van der Waals surface area (Å²) >= 11 is 0. The van der Waals surface area contributed by atoms with Crippen molar-refractivity contribution in [1.29, 1.82) is 0 Å². The van der Waals surface area contributed by atoms with Crippen LogP contribution in [0.25, 0.3) is 0 Å². The van der Waals surface area contributed by atoms with Crippen LogP contribution in [0.4, 0.5) is 4.39 Å². The number of piperidine rings is 1. The van der Waals surface area contributed by atoms with Gasteiger partial charge in [-0.2, -0.15) is 0 Å². The summed E-state index contributed by atoms with van der Waals surface area (Å²) in [6.45, 7) is 7.80. The van der Waals surface area contributed by atoms with Gasteiger partial charge in [0, 0.05) is 36.2 Å². The Morgan fingerprint density at radius 3 is 2.61 bits per heavy atom. The predicted octanol–water partition coefficient (Wildman–Crippen LogP) is 4.44. The standard InChI is InChI=1S/C27H35FN2O3/c1-3-13-30(23-18-24-25(32-2)5-4-6-26(24)33-19-23)17-16-29-14-11-21(12-15-29)27(31)20-7-9-22(28)10-8-20/h4-10,21,23H,3,11-19H2,1-2H3. The van der Waals surface area contributed by atoms with Crippen LogP contribution in [0.1, 0.15) is 42.1 Å². The summed E-state index contributed by atoms with van der Waals surface area (Å²) in [7, 11) is 1.72. The molecule has 4 rings (SSSR count). The third-order valence-electron chi connectivity index (χ3n) is 7.00. The van der Waals surface area contributed by atoms with Gasteiger partial charge in [-0.05, 0) is 81.7 Å². The van der Waals surface area contributed by atoms with Crippen molar-refractivity contribution in [1.82, 2.24) is 9.80 Å². The smallest absolute Gasteiger partial charge is 0.166 e.